The molecule has 0 saturated carbocycles. The van der Waals surface area contributed by atoms with Crippen molar-refractivity contribution in [2.75, 3.05) is 6.61 Å². The van der Waals surface area contributed by atoms with E-state index in [1.807, 2.05) is 43.3 Å². The third-order valence-electron chi connectivity index (χ3n) is 2.72. The minimum Gasteiger partial charge on any atom is -0.493 e. The first-order chi connectivity index (χ1) is 8.77. The second kappa shape index (κ2) is 5.40. The quantitative estimate of drug-likeness (QED) is 0.376. The van der Waals surface area contributed by atoms with Crippen molar-refractivity contribution in [1.82, 2.24) is 0 Å². The molecule has 0 fully saturated rings. The highest BCUT2D eigenvalue weighted by Gasteiger charge is 2.12. The van der Waals surface area contributed by atoms with Crippen LogP contribution in [-0.4, -0.2) is 17.6 Å². The highest BCUT2D eigenvalue weighted by Crippen LogP contribution is 2.28. The summed E-state index contributed by atoms with van der Waals surface area (Å²) in [5.41, 5.74) is 6.40. The van der Waals surface area contributed by atoms with Crippen LogP contribution in [0.15, 0.2) is 41.6 Å². The SMILES string of the molecule is CCCOc1ccc2ccccc2c1/C(N)=N/O. The van der Waals surface area contributed by atoms with Crippen LogP contribution in [0.3, 0.4) is 0 Å². The van der Waals surface area contributed by atoms with Crippen LogP contribution >= 0.6 is 0 Å². The van der Waals surface area contributed by atoms with Crippen LogP contribution in [0.5, 0.6) is 5.75 Å². The normalized spacial score (nSPS) is 11.7. The predicted molar refractivity (Wildman–Crippen MR) is 72.2 cm³/mol. The number of nitrogens with zero attached hydrogens (tertiary/aromatic N) is 1. The van der Waals surface area contributed by atoms with Crippen molar-refractivity contribution in [2.45, 2.75) is 13.3 Å². The second-order valence-corrected chi connectivity index (χ2v) is 3.99. The maximum Gasteiger partial charge on any atom is 0.174 e. The molecule has 0 aliphatic heterocycles. The number of fused-ring (bicyclic) bond motifs is 1. The molecule has 0 amide bonds. The smallest absolute Gasteiger partial charge is 0.174 e. The summed E-state index contributed by atoms with van der Waals surface area (Å²) in [5.74, 6) is 0.712. The minimum atomic E-state index is 0.0675. The lowest BCUT2D eigenvalue weighted by atomic mass is 10.0. The molecule has 3 N–H and O–H groups in total. The van der Waals surface area contributed by atoms with Gasteiger partial charge >= 0.3 is 0 Å². The lowest BCUT2D eigenvalue weighted by Crippen LogP contribution is -2.15. The number of hydrogen-bond acceptors (Lipinski definition) is 3. The van der Waals surface area contributed by atoms with E-state index in [1.54, 1.807) is 0 Å². The fraction of sp³-hybridized carbons (Fsp3) is 0.214. The number of hydrogen-bond donors (Lipinski definition) is 2. The van der Waals surface area contributed by atoms with E-state index < -0.39 is 0 Å². The molecule has 0 atom stereocenters. The largest absolute Gasteiger partial charge is 0.493 e. The Morgan fingerprint density at radius 1 is 1.28 bits per heavy atom. The van der Waals surface area contributed by atoms with Crippen LogP contribution in [0.2, 0.25) is 0 Å². The van der Waals surface area contributed by atoms with Gasteiger partial charge in [0.05, 0.1) is 12.2 Å². The molecule has 0 unspecified atom stereocenters. The van der Waals surface area contributed by atoms with E-state index in [2.05, 4.69) is 5.16 Å². The second-order valence-electron chi connectivity index (χ2n) is 3.99. The molecule has 0 spiro atoms. The first-order valence-electron chi connectivity index (χ1n) is 5.90. The zero-order valence-corrected chi connectivity index (χ0v) is 10.3. The zero-order valence-electron chi connectivity index (χ0n) is 10.3. The maximum atomic E-state index is 8.90. The van der Waals surface area contributed by atoms with Gasteiger partial charge in [0.25, 0.3) is 0 Å². The Morgan fingerprint density at radius 3 is 2.78 bits per heavy atom. The van der Waals surface area contributed by atoms with Crippen molar-refractivity contribution < 1.29 is 9.94 Å². The van der Waals surface area contributed by atoms with E-state index in [4.69, 9.17) is 15.7 Å². The molecule has 0 aliphatic carbocycles. The van der Waals surface area contributed by atoms with Crippen LogP contribution in [0.25, 0.3) is 10.8 Å². The van der Waals surface area contributed by atoms with E-state index in [-0.39, 0.29) is 5.84 Å². The molecular formula is C14H16N2O2. The van der Waals surface area contributed by atoms with Gasteiger partial charge in [-0.15, -0.1) is 0 Å². The van der Waals surface area contributed by atoms with Gasteiger partial charge in [-0.1, -0.05) is 42.4 Å². The molecule has 0 aromatic heterocycles. The topological polar surface area (TPSA) is 67.8 Å². The van der Waals surface area contributed by atoms with Gasteiger partial charge in [0.1, 0.15) is 5.75 Å². The summed E-state index contributed by atoms with van der Waals surface area (Å²) < 4.78 is 5.65. The van der Waals surface area contributed by atoms with Crippen molar-refractivity contribution in [2.24, 2.45) is 10.9 Å². The van der Waals surface area contributed by atoms with Crippen molar-refractivity contribution in [1.29, 1.82) is 0 Å². The third kappa shape index (κ3) is 2.22. The number of rotatable bonds is 4. The fourth-order valence-corrected chi connectivity index (χ4v) is 1.90. The molecule has 2 aromatic rings. The summed E-state index contributed by atoms with van der Waals surface area (Å²) in [7, 11) is 0. The van der Waals surface area contributed by atoms with Crippen LogP contribution in [0, 0.1) is 0 Å². The Bertz CT molecular complexity index is 579. The molecule has 0 radical (unpaired) electrons. The van der Waals surface area contributed by atoms with Crippen molar-refractivity contribution >= 4 is 16.6 Å². The van der Waals surface area contributed by atoms with Crippen molar-refractivity contribution in [3.63, 3.8) is 0 Å². The number of oxime groups is 1. The summed E-state index contributed by atoms with van der Waals surface area (Å²) in [6, 6.07) is 11.6. The van der Waals surface area contributed by atoms with Crippen LogP contribution < -0.4 is 10.5 Å². The van der Waals surface area contributed by atoms with E-state index in [1.165, 1.54) is 0 Å². The predicted octanol–water partition coefficient (Wildman–Crippen LogP) is 2.72. The van der Waals surface area contributed by atoms with E-state index in [9.17, 15) is 0 Å². The summed E-state index contributed by atoms with van der Waals surface area (Å²) in [5, 5.41) is 13.9. The first kappa shape index (κ1) is 12.2. The van der Waals surface area contributed by atoms with Crippen molar-refractivity contribution in [3.05, 3.63) is 42.0 Å². The minimum absolute atomic E-state index is 0.0675. The summed E-state index contributed by atoms with van der Waals surface area (Å²) in [4.78, 5) is 0. The van der Waals surface area contributed by atoms with Crippen LogP contribution in [0.4, 0.5) is 0 Å². The van der Waals surface area contributed by atoms with Crippen molar-refractivity contribution in [3.8, 4) is 5.75 Å². The highest BCUT2D eigenvalue weighted by atomic mass is 16.5. The number of ether oxygens (including phenoxy) is 1. The Morgan fingerprint density at radius 2 is 2.06 bits per heavy atom. The Kier molecular flexibility index (Phi) is 3.67. The zero-order chi connectivity index (χ0) is 13.0. The molecule has 94 valence electrons. The van der Waals surface area contributed by atoms with Gasteiger partial charge in [0, 0.05) is 0 Å². The molecule has 2 aromatic carbocycles. The van der Waals surface area contributed by atoms with Crippen LogP contribution in [-0.2, 0) is 0 Å². The number of benzene rings is 2. The Balaban J connectivity index is 2.63. The molecule has 18 heavy (non-hydrogen) atoms. The highest BCUT2D eigenvalue weighted by molar-refractivity contribution is 6.11. The van der Waals surface area contributed by atoms with Gasteiger partial charge in [-0.2, -0.15) is 0 Å². The summed E-state index contributed by atoms with van der Waals surface area (Å²) in [6.45, 7) is 2.63. The van der Waals surface area contributed by atoms with Gasteiger partial charge < -0.3 is 15.7 Å². The van der Waals surface area contributed by atoms with Crippen LogP contribution in [0.1, 0.15) is 18.9 Å². The molecule has 0 bridgehead atoms. The lowest BCUT2D eigenvalue weighted by Gasteiger charge is -2.12. The molecular weight excluding hydrogens is 228 g/mol. The first-order valence-corrected chi connectivity index (χ1v) is 5.90. The lowest BCUT2D eigenvalue weighted by molar-refractivity contribution is 0.312. The number of nitrogens with two attached hydrogens (primary N) is 1. The molecule has 4 nitrogen and oxygen atoms in total. The monoisotopic (exact) mass is 244 g/mol. The van der Waals surface area contributed by atoms with E-state index in [0.29, 0.717) is 17.9 Å². The van der Waals surface area contributed by atoms with Gasteiger partial charge in [0.2, 0.25) is 0 Å². The molecule has 2 rings (SSSR count). The van der Waals surface area contributed by atoms with E-state index >= 15 is 0 Å². The average Bonchev–Trinajstić information content (AvgIpc) is 2.43. The third-order valence-corrected chi connectivity index (χ3v) is 2.72. The Labute approximate surface area is 106 Å². The van der Waals surface area contributed by atoms with E-state index in [0.717, 1.165) is 17.2 Å². The van der Waals surface area contributed by atoms with Gasteiger partial charge in [0.15, 0.2) is 5.84 Å². The molecule has 0 heterocycles. The molecule has 4 heteroatoms. The summed E-state index contributed by atoms with van der Waals surface area (Å²) in [6.07, 6.45) is 0.905. The fourth-order valence-electron chi connectivity index (χ4n) is 1.90. The molecule has 0 saturated heterocycles. The summed E-state index contributed by atoms with van der Waals surface area (Å²) >= 11 is 0. The standard InChI is InChI=1S/C14H16N2O2/c1-2-9-18-12-8-7-10-5-3-4-6-11(10)13(12)14(15)16-17/h3-8,17H,2,9H2,1H3,(H2,15,16). The van der Waals surface area contributed by atoms with Gasteiger partial charge in [-0.05, 0) is 23.3 Å². The Hall–Kier alpha value is -2.23. The maximum absolute atomic E-state index is 8.90. The number of amidine groups is 1. The van der Waals surface area contributed by atoms with Gasteiger partial charge in [-0.25, -0.2) is 0 Å². The van der Waals surface area contributed by atoms with Gasteiger partial charge in [-0.3, -0.25) is 0 Å². The molecule has 0 aliphatic rings. The average molecular weight is 244 g/mol.